The van der Waals surface area contributed by atoms with Crippen molar-refractivity contribution in [3.05, 3.63) is 35.4 Å². The molecule has 1 aliphatic heterocycles. The quantitative estimate of drug-likeness (QED) is 0.765. The number of nitrogens with zero attached hydrogens (tertiary/aromatic N) is 2. The Morgan fingerprint density at radius 2 is 1.96 bits per heavy atom. The van der Waals surface area contributed by atoms with Crippen LogP contribution in [0, 0.1) is 12.8 Å². The van der Waals surface area contributed by atoms with Gasteiger partial charge in [0.05, 0.1) is 0 Å². The Hall–Kier alpha value is -2.37. The van der Waals surface area contributed by atoms with Crippen molar-refractivity contribution < 1.29 is 14.4 Å². The van der Waals surface area contributed by atoms with Gasteiger partial charge in [-0.05, 0) is 37.7 Å². The molecule has 3 rings (SSSR count). The molecule has 6 heteroatoms. The van der Waals surface area contributed by atoms with Gasteiger partial charge in [0.15, 0.2) is 0 Å². The summed E-state index contributed by atoms with van der Waals surface area (Å²) >= 11 is 0. The summed E-state index contributed by atoms with van der Waals surface area (Å²) in [7, 11) is 0. The van der Waals surface area contributed by atoms with Crippen molar-refractivity contribution in [3.63, 3.8) is 0 Å². The molecule has 1 aromatic rings. The van der Waals surface area contributed by atoms with E-state index in [0.29, 0.717) is 19.5 Å². The van der Waals surface area contributed by atoms with Gasteiger partial charge in [-0.3, -0.25) is 14.5 Å². The van der Waals surface area contributed by atoms with Crippen LogP contribution < -0.4 is 5.32 Å². The van der Waals surface area contributed by atoms with Crippen molar-refractivity contribution in [2.45, 2.75) is 65.0 Å². The summed E-state index contributed by atoms with van der Waals surface area (Å²) < 4.78 is 0. The minimum absolute atomic E-state index is 0.0945. The van der Waals surface area contributed by atoms with Crippen LogP contribution in [0.1, 0.15) is 57.1 Å². The van der Waals surface area contributed by atoms with Crippen LogP contribution in [0.15, 0.2) is 24.3 Å². The molecule has 0 bridgehead atoms. The lowest BCUT2D eigenvalue weighted by Gasteiger charge is -2.36. The number of rotatable bonds is 6. The zero-order chi connectivity index (χ0) is 20.3. The van der Waals surface area contributed by atoms with Gasteiger partial charge in [-0.2, -0.15) is 0 Å². The maximum absolute atomic E-state index is 13.1. The zero-order valence-corrected chi connectivity index (χ0v) is 17.2. The third kappa shape index (κ3) is 3.91. The lowest BCUT2D eigenvalue weighted by Crippen LogP contribution is -2.54. The third-order valence-electron chi connectivity index (χ3n) is 6.14. The van der Waals surface area contributed by atoms with E-state index in [1.54, 1.807) is 4.90 Å². The Morgan fingerprint density at radius 3 is 2.61 bits per heavy atom. The minimum Gasteiger partial charge on any atom is -0.337 e. The Bertz CT molecular complexity index is 746. The number of urea groups is 1. The molecule has 1 aromatic carbocycles. The highest BCUT2D eigenvalue weighted by Gasteiger charge is 2.55. The predicted molar refractivity (Wildman–Crippen MR) is 107 cm³/mol. The summed E-state index contributed by atoms with van der Waals surface area (Å²) in [5, 5.41) is 2.92. The second-order valence-corrected chi connectivity index (χ2v) is 8.24. The molecule has 0 aromatic heterocycles. The van der Waals surface area contributed by atoms with Crippen molar-refractivity contribution in [3.8, 4) is 0 Å². The summed E-state index contributed by atoms with van der Waals surface area (Å²) in [5.74, 6) is -0.326. The first-order chi connectivity index (χ1) is 13.4. The highest BCUT2D eigenvalue weighted by molar-refractivity contribution is 6.09. The van der Waals surface area contributed by atoms with Crippen LogP contribution >= 0.6 is 0 Å². The van der Waals surface area contributed by atoms with E-state index in [1.807, 2.05) is 45.0 Å². The molecule has 6 nitrogen and oxygen atoms in total. The average molecular weight is 386 g/mol. The topological polar surface area (TPSA) is 69.7 Å². The van der Waals surface area contributed by atoms with Gasteiger partial charge in [0.1, 0.15) is 12.1 Å². The normalized spacial score (nSPS) is 24.5. The van der Waals surface area contributed by atoms with Crippen molar-refractivity contribution in [1.29, 1.82) is 0 Å². The highest BCUT2D eigenvalue weighted by atomic mass is 16.2. The first-order valence-corrected chi connectivity index (χ1v) is 10.3. The molecule has 28 heavy (non-hydrogen) atoms. The summed E-state index contributed by atoms with van der Waals surface area (Å²) in [4.78, 5) is 41.4. The molecule has 2 fully saturated rings. The first-order valence-electron chi connectivity index (χ1n) is 10.3. The van der Waals surface area contributed by atoms with Gasteiger partial charge >= 0.3 is 6.03 Å². The second kappa shape index (κ2) is 8.33. The first kappa shape index (κ1) is 20.4. The van der Waals surface area contributed by atoms with Crippen molar-refractivity contribution >= 4 is 17.8 Å². The van der Waals surface area contributed by atoms with Crippen LogP contribution in [0.3, 0.4) is 0 Å². The smallest absolute Gasteiger partial charge is 0.325 e. The van der Waals surface area contributed by atoms with Gasteiger partial charge in [0.2, 0.25) is 5.91 Å². The SMILES string of the molecule is CCCN(Cc1ccc(C)cc1)C(=O)CN1C(=O)N[C@]2(CCCC[C@@H]2C)C1=O. The molecular weight excluding hydrogens is 354 g/mol. The van der Waals surface area contributed by atoms with Crippen LogP contribution in [-0.2, 0) is 16.1 Å². The molecule has 2 aliphatic rings. The van der Waals surface area contributed by atoms with E-state index in [9.17, 15) is 14.4 Å². The van der Waals surface area contributed by atoms with Crippen molar-refractivity contribution in [1.82, 2.24) is 15.1 Å². The molecule has 1 aliphatic carbocycles. The van der Waals surface area contributed by atoms with Gasteiger partial charge in [0, 0.05) is 13.1 Å². The molecular formula is C22H31N3O3. The predicted octanol–water partition coefficient (Wildman–Crippen LogP) is 3.23. The molecule has 152 valence electrons. The van der Waals surface area contributed by atoms with Crippen LogP contribution in [0.5, 0.6) is 0 Å². The largest absolute Gasteiger partial charge is 0.337 e. The van der Waals surface area contributed by atoms with E-state index < -0.39 is 11.6 Å². The van der Waals surface area contributed by atoms with Crippen molar-refractivity contribution in [2.24, 2.45) is 5.92 Å². The Balaban J connectivity index is 1.71. The highest BCUT2D eigenvalue weighted by Crippen LogP contribution is 2.38. The summed E-state index contributed by atoms with van der Waals surface area (Å²) in [6, 6.07) is 7.64. The van der Waals surface area contributed by atoms with Gasteiger partial charge < -0.3 is 10.2 Å². The van der Waals surface area contributed by atoms with Crippen LogP contribution in [0.25, 0.3) is 0 Å². The molecule has 0 radical (unpaired) electrons. The van der Waals surface area contributed by atoms with E-state index >= 15 is 0 Å². The molecule has 1 heterocycles. The number of hydrogen-bond donors (Lipinski definition) is 1. The fourth-order valence-electron chi connectivity index (χ4n) is 4.35. The third-order valence-corrected chi connectivity index (χ3v) is 6.14. The number of carbonyl (C=O) groups is 3. The minimum atomic E-state index is -0.817. The van der Waals surface area contributed by atoms with Gasteiger partial charge in [-0.15, -0.1) is 0 Å². The van der Waals surface area contributed by atoms with E-state index in [4.69, 9.17) is 0 Å². The number of aryl methyl sites for hydroxylation is 1. The molecule has 1 saturated carbocycles. The number of nitrogens with one attached hydrogen (secondary N) is 1. The van der Waals surface area contributed by atoms with Gasteiger partial charge in [-0.25, -0.2) is 4.79 Å². The molecule has 1 saturated heterocycles. The Kier molecular flexibility index (Phi) is 6.06. The van der Waals surface area contributed by atoms with Crippen LogP contribution in [0.2, 0.25) is 0 Å². The standard InChI is InChI=1S/C22H31N3O3/c1-4-13-24(14-18-10-8-16(2)9-11-18)19(26)15-25-20(27)22(23-21(25)28)12-6-5-7-17(22)3/h8-11,17H,4-7,12-15H2,1-3H3,(H,23,28)/t17-,22-/m0/s1. The molecule has 2 atom stereocenters. The fraction of sp³-hybridized carbons (Fsp3) is 0.591. The Labute approximate surface area is 167 Å². The fourth-order valence-corrected chi connectivity index (χ4v) is 4.35. The molecule has 4 amide bonds. The van der Waals surface area contributed by atoms with Gasteiger partial charge in [0.25, 0.3) is 5.91 Å². The average Bonchev–Trinajstić information content (AvgIpc) is 2.90. The summed E-state index contributed by atoms with van der Waals surface area (Å²) in [6.45, 7) is 6.95. The van der Waals surface area contributed by atoms with E-state index in [1.165, 1.54) is 5.56 Å². The number of benzene rings is 1. The Morgan fingerprint density at radius 1 is 1.25 bits per heavy atom. The monoisotopic (exact) mass is 385 g/mol. The molecule has 1 spiro atoms. The number of carbonyl (C=O) groups excluding carboxylic acids is 3. The van der Waals surface area contributed by atoms with E-state index in [-0.39, 0.29) is 24.3 Å². The van der Waals surface area contributed by atoms with Crippen LogP contribution in [0.4, 0.5) is 4.79 Å². The number of amides is 4. The van der Waals surface area contributed by atoms with Gasteiger partial charge in [-0.1, -0.05) is 56.5 Å². The molecule has 1 N–H and O–H groups in total. The summed E-state index contributed by atoms with van der Waals surface area (Å²) in [6.07, 6.45) is 4.40. The molecule has 0 unspecified atom stereocenters. The van der Waals surface area contributed by atoms with E-state index in [0.717, 1.165) is 36.1 Å². The summed E-state index contributed by atoms with van der Waals surface area (Å²) in [5.41, 5.74) is 1.40. The van der Waals surface area contributed by atoms with Crippen LogP contribution in [-0.4, -0.2) is 46.3 Å². The maximum atomic E-state index is 13.1. The lowest BCUT2D eigenvalue weighted by atomic mass is 9.73. The maximum Gasteiger partial charge on any atom is 0.325 e. The van der Waals surface area contributed by atoms with E-state index in [2.05, 4.69) is 5.32 Å². The second-order valence-electron chi connectivity index (χ2n) is 8.24. The zero-order valence-electron chi connectivity index (χ0n) is 17.2. The number of hydrogen-bond acceptors (Lipinski definition) is 3. The van der Waals surface area contributed by atoms with Crippen molar-refractivity contribution in [2.75, 3.05) is 13.1 Å². The lowest BCUT2D eigenvalue weighted by molar-refractivity contribution is -0.140. The number of imide groups is 1.